The molecule has 0 aliphatic carbocycles. The highest BCUT2D eigenvalue weighted by Crippen LogP contribution is 2.21. The second-order valence-electron chi connectivity index (χ2n) is 3.68. The summed E-state index contributed by atoms with van der Waals surface area (Å²) in [7, 11) is 1.91. The van der Waals surface area contributed by atoms with Crippen LogP contribution >= 0.6 is 0 Å². The smallest absolute Gasteiger partial charge is 0.0885 e. The van der Waals surface area contributed by atoms with Crippen molar-refractivity contribution >= 4 is 0 Å². The Morgan fingerprint density at radius 2 is 2.12 bits per heavy atom. The van der Waals surface area contributed by atoms with Crippen LogP contribution in [0.3, 0.4) is 0 Å². The lowest BCUT2D eigenvalue weighted by atomic mass is 10.1. The van der Waals surface area contributed by atoms with Gasteiger partial charge in [-0.15, -0.1) is 5.10 Å². The van der Waals surface area contributed by atoms with Gasteiger partial charge in [0.2, 0.25) is 0 Å². The van der Waals surface area contributed by atoms with E-state index in [9.17, 15) is 0 Å². The zero-order valence-corrected chi connectivity index (χ0v) is 9.64. The molecule has 0 radical (unpaired) electrons. The van der Waals surface area contributed by atoms with E-state index in [1.807, 2.05) is 13.1 Å². The molecule has 0 aliphatic rings. The van der Waals surface area contributed by atoms with Gasteiger partial charge >= 0.3 is 0 Å². The molecule has 0 amide bonds. The zero-order chi connectivity index (χ0) is 11.4. The molecule has 1 N–H and O–H groups in total. The highest BCUT2D eigenvalue weighted by atomic mass is 15.4. The maximum Gasteiger partial charge on any atom is 0.0885 e. The second kappa shape index (κ2) is 4.90. The van der Waals surface area contributed by atoms with E-state index in [2.05, 4.69) is 40.8 Å². The molecule has 4 heteroatoms. The molecular formula is C12H16N4. The van der Waals surface area contributed by atoms with Crippen molar-refractivity contribution in [1.29, 1.82) is 0 Å². The van der Waals surface area contributed by atoms with Crippen molar-refractivity contribution in [2.45, 2.75) is 13.5 Å². The fourth-order valence-corrected chi connectivity index (χ4v) is 1.72. The van der Waals surface area contributed by atoms with Gasteiger partial charge in [-0.3, -0.25) is 0 Å². The Labute approximate surface area is 95.3 Å². The molecular weight excluding hydrogens is 200 g/mol. The van der Waals surface area contributed by atoms with Crippen LogP contribution in [0.2, 0.25) is 0 Å². The Balaban J connectivity index is 2.37. The molecule has 0 saturated heterocycles. The van der Waals surface area contributed by atoms with Crippen LogP contribution in [-0.4, -0.2) is 21.5 Å². The molecule has 0 aliphatic heterocycles. The van der Waals surface area contributed by atoms with Gasteiger partial charge < -0.3 is 5.32 Å². The third-order valence-electron chi connectivity index (χ3n) is 2.57. The van der Waals surface area contributed by atoms with Gasteiger partial charge in [-0.05, 0) is 12.1 Å². The number of hydrogen-bond donors (Lipinski definition) is 1. The number of nitrogens with one attached hydrogen (secondary N) is 1. The molecule has 1 heterocycles. The number of benzene rings is 1. The Morgan fingerprint density at radius 1 is 1.31 bits per heavy atom. The fourth-order valence-electron chi connectivity index (χ4n) is 1.72. The number of hydrogen-bond acceptors (Lipinski definition) is 3. The van der Waals surface area contributed by atoms with Crippen molar-refractivity contribution in [2.75, 3.05) is 6.54 Å². The molecule has 0 fully saturated rings. The van der Waals surface area contributed by atoms with Gasteiger partial charge in [-0.2, -0.15) is 0 Å². The minimum absolute atomic E-state index is 0.873. The highest BCUT2D eigenvalue weighted by Gasteiger charge is 2.07. The molecule has 1 aromatic carbocycles. The minimum atomic E-state index is 0.873. The average molecular weight is 216 g/mol. The Kier molecular flexibility index (Phi) is 3.31. The lowest BCUT2D eigenvalue weighted by molar-refractivity contribution is 0.712. The molecule has 0 bridgehead atoms. The van der Waals surface area contributed by atoms with Crippen LogP contribution in [0.1, 0.15) is 12.5 Å². The van der Waals surface area contributed by atoms with Gasteiger partial charge in [0, 0.05) is 19.2 Å². The van der Waals surface area contributed by atoms with Crippen molar-refractivity contribution in [1.82, 2.24) is 20.3 Å². The van der Waals surface area contributed by atoms with Crippen molar-refractivity contribution in [3.63, 3.8) is 0 Å². The van der Waals surface area contributed by atoms with Gasteiger partial charge in [-0.1, -0.05) is 36.4 Å². The van der Waals surface area contributed by atoms with Crippen LogP contribution < -0.4 is 5.32 Å². The number of rotatable bonds is 4. The van der Waals surface area contributed by atoms with E-state index < -0.39 is 0 Å². The molecule has 16 heavy (non-hydrogen) atoms. The van der Waals surface area contributed by atoms with E-state index in [-0.39, 0.29) is 0 Å². The van der Waals surface area contributed by atoms with E-state index in [1.165, 1.54) is 11.1 Å². The summed E-state index contributed by atoms with van der Waals surface area (Å²) in [6.45, 7) is 3.95. The molecule has 1 aromatic heterocycles. The monoisotopic (exact) mass is 216 g/mol. The van der Waals surface area contributed by atoms with Crippen LogP contribution in [0.25, 0.3) is 11.3 Å². The van der Waals surface area contributed by atoms with Gasteiger partial charge in [0.15, 0.2) is 0 Å². The average Bonchev–Trinajstić information content (AvgIpc) is 2.73. The van der Waals surface area contributed by atoms with E-state index in [1.54, 1.807) is 10.9 Å². The summed E-state index contributed by atoms with van der Waals surface area (Å²) in [6, 6.07) is 8.33. The van der Waals surface area contributed by atoms with Crippen molar-refractivity contribution in [3.05, 3.63) is 36.0 Å². The normalized spacial score (nSPS) is 10.6. The molecule has 84 valence electrons. The second-order valence-corrected chi connectivity index (χ2v) is 3.68. The zero-order valence-electron chi connectivity index (χ0n) is 9.64. The molecule has 2 aromatic rings. The van der Waals surface area contributed by atoms with Crippen molar-refractivity contribution < 1.29 is 0 Å². The van der Waals surface area contributed by atoms with Gasteiger partial charge in [-0.25, -0.2) is 4.68 Å². The maximum absolute atomic E-state index is 3.96. The topological polar surface area (TPSA) is 42.7 Å². The lowest BCUT2D eigenvalue weighted by Gasteiger charge is -2.09. The molecule has 0 spiro atoms. The number of aromatic nitrogens is 3. The summed E-state index contributed by atoms with van der Waals surface area (Å²) in [5.74, 6) is 0. The largest absolute Gasteiger partial charge is 0.313 e. The number of aryl methyl sites for hydroxylation is 1. The molecule has 0 unspecified atom stereocenters. The van der Waals surface area contributed by atoms with Crippen LogP contribution in [0, 0.1) is 0 Å². The summed E-state index contributed by atoms with van der Waals surface area (Å²) >= 11 is 0. The maximum atomic E-state index is 3.96. The van der Waals surface area contributed by atoms with Crippen molar-refractivity contribution in [2.24, 2.45) is 7.05 Å². The van der Waals surface area contributed by atoms with E-state index in [0.29, 0.717) is 0 Å². The van der Waals surface area contributed by atoms with Crippen molar-refractivity contribution in [3.8, 4) is 11.3 Å². The first-order chi connectivity index (χ1) is 7.83. The predicted molar refractivity (Wildman–Crippen MR) is 63.8 cm³/mol. The Hall–Kier alpha value is -1.68. The van der Waals surface area contributed by atoms with E-state index in [0.717, 1.165) is 18.8 Å². The van der Waals surface area contributed by atoms with E-state index in [4.69, 9.17) is 0 Å². The summed E-state index contributed by atoms with van der Waals surface area (Å²) in [5.41, 5.74) is 3.51. The summed E-state index contributed by atoms with van der Waals surface area (Å²) < 4.78 is 1.80. The first-order valence-corrected chi connectivity index (χ1v) is 5.46. The SMILES string of the molecule is CCNCc1ccccc1-c1cnnn1C. The van der Waals surface area contributed by atoms with Crippen LogP contribution in [0.5, 0.6) is 0 Å². The standard InChI is InChI=1S/C12H16N4/c1-3-13-8-10-6-4-5-7-11(10)12-9-14-15-16(12)2/h4-7,9,13H,3,8H2,1-2H3. The van der Waals surface area contributed by atoms with Crippen LogP contribution in [-0.2, 0) is 13.6 Å². The van der Waals surface area contributed by atoms with Gasteiger partial charge in [0.05, 0.1) is 11.9 Å². The third-order valence-corrected chi connectivity index (χ3v) is 2.57. The molecule has 4 nitrogen and oxygen atoms in total. The van der Waals surface area contributed by atoms with Crippen LogP contribution in [0.15, 0.2) is 30.5 Å². The fraction of sp³-hybridized carbons (Fsp3) is 0.333. The minimum Gasteiger partial charge on any atom is -0.313 e. The number of nitrogens with zero attached hydrogens (tertiary/aromatic N) is 3. The molecule has 2 rings (SSSR count). The van der Waals surface area contributed by atoms with E-state index >= 15 is 0 Å². The summed E-state index contributed by atoms with van der Waals surface area (Å²) in [4.78, 5) is 0. The first-order valence-electron chi connectivity index (χ1n) is 5.46. The summed E-state index contributed by atoms with van der Waals surface area (Å²) in [5, 5.41) is 11.2. The highest BCUT2D eigenvalue weighted by molar-refractivity contribution is 5.62. The molecule has 0 atom stereocenters. The summed E-state index contributed by atoms with van der Waals surface area (Å²) in [6.07, 6.45) is 1.80. The quantitative estimate of drug-likeness (QED) is 0.844. The van der Waals surface area contributed by atoms with Gasteiger partial charge in [0.1, 0.15) is 0 Å². The molecule has 0 saturated carbocycles. The Morgan fingerprint density at radius 3 is 2.81 bits per heavy atom. The predicted octanol–water partition coefficient (Wildman–Crippen LogP) is 1.59. The third kappa shape index (κ3) is 2.12. The van der Waals surface area contributed by atoms with Gasteiger partial charge in [0.25, 0.3) is 0 Å². The Bertz CT molecular complexity index is 462. The first kappa shape index (κ1) is 10.8. The lowest BCUT2D eigenvalue weighted by Crippen LogP contribution is -2.12. The van der Waals surface area contributed by atoms with Crippen LogP contribution in [0.4, 0.5) is 0 Å².